The molecule has 0 aliphatic carbocycles. The fraction of sp³-hybridized carbons (Fsp3) is 0.848. The van der Waals surface area contributed by atoms with Crippen LogP contribution in [0.5, 0.6) is 0 Å². The lowest BCUT2D eigenvalue weighted by molar-refractivity contribution is -0.889. The van der Waals surface area contributed by atoms with Gasteiger partial charge >= 0.3 is 11.9 Å². The Bertz CT molecular complexity index is 942. The second kappa shape index (κ2) is 37.7. The molecule has 0 saturated heterocycles. The number of likely N-dealkylation sites (N-methyl/N-ethyl adjacent to an activating group) is 1. The van der Waals surface area contributed by atoms with E-state index in [1.807, 2.05) is 0 Å². The van der Waals surface area contributed by atoms with Crippen LogP contribution in [-0.4, -0.2) is 75.5 Å². The molecule has 0 heterocycles. The van der Waals surface area contributed by atoms with Crippen molar-refractivity contribution in [2.24, 2.45) is 0 Å². The molecule has 0 aromatic rings. The summed E-state index contributed by atoms with van der Waals surface area (Å²) in [5.41, 5.74) is 0. The molecular formula is C46H85NO7. The van der Waals surface area contributed by atoms with Crippen LogP contribution in [0.15, 0.2) is 24.3 Å². The average molecular weight is 764 g/mol. The number of carboxylic acids is 1. The van der Waals surface area contributed by atoms with Crippen LogP contribution < -0.4 is 5.11 Å². The summed E-state index contributed by atoms with van der Waals surface area (Å²) in [4.78, 5) is 36.7. The monoisotopic (exact) mass is 764 g/mol. The zero-order valence-corrected chi connectivity index (χ0v) is 35.9. The topological polar surface area (TPSA) is 102 Å². The summed E-state index contributed by atoms with van der Waals surface area (Å²) in [6.07, 6.45) is 40.6. The van der Waals surface area contributed by atoms with Gasteiger partial charge in [0.1, 0.15) is 12.6 Å². The largest absolute Gasteiger partial charge is 0.544 e. The summed E-state index contributed by atoms with van der Waals surface area (Å²) in [5, 5.41) is 11.6. The highest BCUT2D eigenvalue weighted by Gasteiger charge is 2.25. The number of carbonyl (C=O) groups is 3. The maximum Gasteiger partial charge on any atom is 0.306 e. The summed E-state index contributed by atoms with van der Waals surface area (Å²) in [7, 11) is 5.41. The molecule has 0 aromatic carbocycles. The predicted molar refractivity (Wildman–Crippen MR) is 222 cm³/mol. The van der Waals surface area contributed by atoms with Crippen molar-refractivity contribution < 1.29 is 38.2 Å². The number of rotatable bonds is 40. The van der Waals surface area contributed by atoms with E-state index in [4.69, 9.17) is 14.2 Å². The van der Waals surface area contributed by atoms with E-state index in [-0.39, 0.29) is 42.7 Å². The van der Waals surface area contributed by atoms with Gasteiger partial charge in [0, 0.05) is 19.3 Å². The molecule has 0 saturated carbocycles. The van der Waals surface area contributed by atoms with Gasteiger partial charge < -0.3 is 28.6 Å². The van der Waals surface area contributed by atoms with E-state index in [0.29, 0.717) is 12.8 Å². The molecule has 8 heteroatoms. The van der Waals surface area contributed by atoms with Crippen LogP contribution in [0, 0.1) is 0 Å². The van der Waals surface area contributed by atoms with Crippen molar-refractivity contribution in [1.82, 2.24) is 0 Å². The number of quaternary nitrogens is 1. The Kier molecular flexibility index (Phi) is 36.2. The minimum atomic E-state index is -1.12. The molecule has 0 N–H and O–H groups in total. The van der Waals surface area contributed by atoms with Crippen molar-refractivity contribution in [3.63, 3.8) is 0 Å². The number of unbranched alkanes of at least 4 members (excludes halogenated alkanes) is 22. The van der Waals surface area contributed by atoms with E-state index in [0.717, 1.165) is 44.9 Å². The van der Waals surface area contributed by atoms with Gasteiger partial charge in [0.05, 0.1) is 40.3 Å². The van der Waals surface area contributed by atoms with Crippen LogP contribution in [0.3, 0.4) is 0 Å². The van der Waals surface area contributed by atoms with Gasteiger partial charge in [-0.3, -0.25) is 9.59 Å². The number of carbonyl (C=O) groups excluding carboxylic acids is 3. The van der Waals surface area contributed by atoms with E-state index in [2.05, 4.69) is 38.2 Å². The van der Waals surface area contributed by atoms with E-state index < -0.39 is 18.1 Å². The Hall–Kier alpha value is -2.19. The molecule has 54 heavy (non-hydrogen) atoms. The predicted octanol–water partition coefficient (Wildman–Crippen LogP) is 10.7. The molecule has 0 fully saturated rings. The van der Waals surface area contributed by atoms with Crippen molar-refractivity contribution in [3.8, 4) is 0 Å². The van der Waals surface area contributed by atoms with E-state index in [9.17, 15) is 19.5 Å². The summed E-state index contributed by atoms with van der Waals surface area (Å²) >= 11 is 0. The first kappa shape index (κ1) is 51.8. The molecule has 2 atom stereocenters. The van der Waals surface area contributed by atoms with Crippen LogP contribution >= 0.6 is 0 Å². The quantitative estimate of drug-likeness (QED) is 0.0265. The van der Waals surface area contributed by atoms with Gasteiger partial charge in [-0.25, -0.2) is 0 Å². The molecule has 0 spiro atoms. The highest BCUT2D eigenvalue weighted by molar-refractivity contribution is 5.70. The van der Waals surface area contributed by atoms with Crippen molar-refractivity contribution in [1.29, 1.82) is 0 Å². The van der Waals surface area contributed by atoms with Gasteiger partial charge in [-0.15, -0.1) is 0 Å². The number of nitrogens with zero attached hydrogens (tertiary/aromatic N) is 1. The maximum absolute atomic E-state index is 12.7. The van der Waals surface area contributed by atoms with Gasteiger partial charge in [-0.2, -0.15) is 0 Å². The first-order valence-corrected chi connectivity index (χ1v) is 22.4. The summed E-state index contributed by atoms with van der Waals surface area (Å²) in [6.45, 7) is 4.64. The standard InChI is InChI=1S/C46H85NO7/c1-6-8-10-12-14-16-17-18-19-20-21-22-23-24-25-26-27-29-31-33-35-37-45(49)54-42(40-52-39-38-43(46(50)51)47(3,4)5)41-53-44(48)36-34-32-30-28-15-13-11-9-7-2/h17-18,20-21,42-43H,6-16,19,22-41H2,1-5H3/b18-17-,21-20-. The van der Waals surface area contributed by atoms with Crippen LogP contribution in [-0.2, 0) is 28.6 Å². The molecule has 0 aromatic heterocycles. The Labute approximate surface area is 332 Å². The van der Waals surface area contributed by atoms with Gasteiger partial charge in [0.25, 0.3) is 0 Å². The van der Waals surface area contributed by atoms with Crippen LogP contribution in [0.1, 0.15) is 200 Å². The lowest BCUT2D eigenvalue weighted by Crippen LogP contribution is -2.55. The lowest BCUT2D eigenvalue weighted by atomic mass is 10.1. The lowest BCUT2D eigenvalue weighted by Gasteiger charge is -2.34. The highest BCUT2D eigenvalue weighted by atomic mass is 16.6. The molecule has 0 radical (unpaired) electrons. The molecule has 316 valence electrons. The van der Waals surface area contributed by atoms with E-state index >= 15 is 0 Å². The third-order valence-electron chi connectivity index (χ3n) is 10.1. The Balaban J connectivity index is 4.24. The van der Waals surface area contributed by atoms with E-state index in [1.54, 1.807) is 21.1 Å². The number of carboxylic acid groups (broad SMARTS) is 1. The average Bonchev–Trinajstić information content (AvgIpc) is 3.12. The van der Waals surface area contributed by atoms with Crippen molar-refractivity contribution in [2.45, 2.75) is 212 Å². The first-order valence-electron chi connectivity index (χ1n) is 22.4. The summed E-state index contributed by atoms with van der Waals surface area (Å²) in [6, 6.07) is -0.723. The molecular weight excluding hydrogens is 679 g/mol. The van der Waals surface area contributed by atoms with Crippen LogP contribution in [0.4, 0.5) is 0 Å². The normalized spacial score (nSPS) is 13.1. The van der Waals surface area contributed by atoms with Crippen LogP contribution in [0.2, 0.25) is 0 Å². The van der Waals surface area contributed by atoms with Crippen LogP contribution in [0.25, 0.3) is 0 Å². The molecule has 2 unspecified atom stereocenters. The first-order chi connectivity index (χ1) is 26.1. The molecule has 0 bridgehead atoms. The Morgan fingerprint density at radius 3 is 1.43 bits per heavy atom. The number of allylic oxidation sites excluding steroid dienone is 4. The molecule has 0 rings (SSSR count). The summed E-state index contributed by atoms with van der Waals surface area (Å²) in [5.74, 6) is -1.74. The number of aliphatic carboxylic acids is 1. The van der Waals surface area contributed by atoms with Crippen molar-refractivity contribution >= 4 is 17.9 Å². The van der Waals surface area contributed by atoms with Gasteiger partial charge in [-0.05, 0) is 44.9 Å². The molecule has 0 amide bonds. The number of hydrogen-bond acceptors (Lipinski definition) is 7. The van der Waals surface area contributed by atoms with Gasteiger partial charge in [-0.1, -0.05) is 160 Å². The Morgan fingerprint density at radius 1 is 0.556 bits per heavy atom. The highest BCUT2D eigenvalue weighted by Crippen LogP contribution is 2.14. The number of ether oxygens (including phenoxy) is 3. The molecule has 0 aliphatic rings. The second-order valence-electron chi connectivity index (χ2n) is 16.3. The molecule has 0 aliphatic heterocycles. The SMILES string of the molecule is CCCCCCC/C=C\C/C=C\CCCCCCCCCCCC(=O)OC(COCCC(C(=O)[O-])[N+](C)(C)C)COC(=O)CCCCCCCCCCC. The Morgan fingerprint density at radius 2 is 0.981 bits per heavy atom. The third kappa shape index (κ3) is 35.5. The second-order valence-corrected chi connectivity index (χ2v) is 16.3. The van der Waals surface area contributed by atoms with Gasteiger partial charge in [0.15, 0.2) is 6.10 Å². The van der Waals surface area contributed by atoms with Gasteiger partial charge in [0.2, 0.25) is 0 Å². The fourth-order valence-electron chi connectivity index (χ4n) is 6.57. The van der Waals surface area contributed by atoms with E-state index in [1.165, 1.54) is 122 Å². The zero-order chi connectivity index (χ0) is 40.0. The maximum atomic E-state index is 12.7. The molecule has 8 nitrogen and oxygen atoms in total. The number of esters is 2. The minimum Gasteiger partial charge on any atom is -0.544 e. The third-order valence-corrected chi connectivity index (χ3v) is 10.1. The van der Waals surface area contributed by atoms with Crippen molar-refractivity contribution in [3.05, 3.63) is 24.3 Å². The zero-order valence-electron chi connectivity index (χ0n) is 35.9. The smallest absolute Gasteiger partial charge is 0.306 e. The summed E-state index contributed by atoms with van der Waals surface area (Å²) < 4.78 is 17.1. The fourth-order valence-corrected chi connectivity index (χ4v) is 6.57. The van der Waals surface area contributed by atoms with Crippen molar-refractivity contribution in [2.75, 3.05) is 41.0 Å². The minimum absolute atomic E-state index is 0.0426. The number of hydrogen-bond donors (Lipinski definition) is 0.